The van der Waals surface area contributed by atoms with Crippen LogP contribution in [-0.2, 0) is 0 Å². The number of allylic oxidation sites excluding steroid dienone is 3. The Morgan fingerprint density at radius 2 is 1.14 bits per heavy atom. The van der Waals surface area contributed by atoms with Crippen LogP contribution in [0.5, 0.6) is 0 Å². The Bertz CT molecular complexity index is 3500. The maximum Gasteiger partial charge on any atom is 0.258 e. The molecule has 9 rings (SSSR count). The Morgan fingerprint density at radius 3 is 1.76 bits per heavy atom. The van der Waals surface area contributed by atoms with Gasteiger partial charge in [-0.1, -0.05) is 92.4 Å². The smallest absolute Gasteiger partial charge is 0.258 e. The second-order valence-electron chi connectivity index (χ2n) is 20.1. The van der Waals surface area contributed by atoms with Gasteiger partial charge in [-0.3, -0.25) is 9.59 Å². The summed E-state index contributed by atoms with van der Waals surface area (Å²) >= 11 is 0. The number of unbranched alkanes of at least 4 members (excludes halogenated alkanes) is 6. The first-order chi connectivity index (χ1) is 38.0. The highest BCUT2D eigenvalue weighted by molar-refractivity contribution is 6.01. The van der Waals surface area contributed by atoms with E-state index in [1.807, 2.05) is 123 Å². The molecule has 0 saturated heterocycles. The number of amides is 2. The van der Waals surface area contributed by atoms with Gasteiger partial charge in [0.25, 0.3) is 17.3 Å². The van der Waals surface area contributed by atoms with Gasteiger partial charge >= 0.3 is 0 Å². The molecule has 1 aliphatic rings. The third-order valence-corrected chi connectivity index (χ3v) is 14.2. The summed E-state index contributed by atoms with van der Waals surface area (Å²) in [6.45, 7) is 11.0. The molecule has 5 aromatic carbocycles. The number of aryl methyl sites for hydroxylation is 3. The summed E-state index contributed by atoms with van der Waals surface area (Å²) in [5, 5.41) is 16.8. The molecule has 0 aliphatic heterocycles. The fourth-order valence-electron chi connectivity index (χ4n) is 9.61. The molecule has 0 atom stereocenters. The van der Waals surface area contributed by atoms with E-state index in [1.54, 1.807) is 0 Å². The molecule has 0 spiro atoms. The summed E-state index contributed by atoms with van der Waals surface area (Å²) in [5.41, 5.74) is 30.0. The highest BCUT2D eigenvalue weighted by atomic mass is 16.2. The van der Waals surface area contributed by atoms with Gasteiger partial charge in [0, 0.05) is 90.8 Å². The monoisotopic (exact) mass is 1040 g/mol. The lowest BCUT2D eigenvalue weighted by atomic mass is 10.0. The summed E-state index contributed by atoms with van der Waals surface area (Å²) < 4.78 is 2.19. The van der Waals surface area contributed by atoms with E-state index < -0.39 is 0 Å². The van der Waals surface area contributed by atoms with Crippen molar-refractivity contribution in [2.45, 2.75) is 85.5 Å². The molecular formula is C64H71N12O2+. The highest BCUT2D eigenvalue weighted by Crippen LogP contribution is 2.32. The van der Waals surface area contributed by atoms with Gasteiger partial charge in [-0.2, -0.15) is 0 Å². The molecule has 398 valence electrons. The summed E-state index contributed by atoms with van der Waals surface area (Å²) in [7, 11) is 0. The van der Waals surface area contributed by atoms with Crippen LogP contribution in [0.2, 0.25) is 0 Å². The average Bonchev–Trinajstić information content (AvgIpc) is 3.60. The van der Waals surface area contributed by atoms with Crippen LogP contribution in [0.25, 0.3) is 39.0 Å². The number of rotatable bonds is 23. The SMILES string of the molecule is CC1=C/C(=N/c2nc(C)c(N)cc2Nc2ccccc2)CC=C1NCCCCCCNC(=O)c1ccc(-c2ccc(C(=O)NCCCCCCNc3cc4c(cc3C)nc3nc(C)c(N)cc3[n+]4-c3ccccc3)cc2)cc1. The van der Waals surface area contributed by atoms with E-state index in [0.29, 0.717) is 53.5 Å². The molecule has 0 radical (unpaired) electrons. The van der Waals surface area contributed by atoms with E-state index in [2.05, 4.69) is 81.4 Å². The number of hydrogen-bond acceptors (Lipinski definition) is 11. The summed E-state index contributed by atoms with van der Waals surface area (Å²) in [6, 6.07) is 43.6. The van der Waals surface area contributed by atoms with Crippen molar-refractivity contribution in [1.29, 1.82) is 0 Å². The van der Waals surface area contributed by atoms with Gasteiger partial charge in [-0.25, -0.2) is 19.9 Å². The zero-order valence-electron chi connectivity index (χ0n) is 45.3. The van der Waals surface area contributed by atoms with Gasteiger partial charge in [0.2, 0.25) is 16.9 Å². The number of benzene rings is 5. The number of aliphatic imine (C=N–C) groups is 1. The number of carbonyl (C=O) groups excluding carboxylic acids is 2. The number of para-hydroxylation sites is 2. The first-order valence-electron chi connectivity index (χ1n) is 27.3. The first-order valence-corrected chi connectivity index (χ1v) is 27.3. The summed E-state index contributed by atoms with van der Waals surface area (Å²) in [6.07, 6.45) is 13.0. The molecule has 2 amide bonds. The maximum absolute atomic E-state index is 13.0. The fourth-order valence-corrected chi connectivity index (χ4v) is 9.61. The lowest BCUT2D eigenvalue weighted by Crippen LogP contribution is -2.33. The van der Waals surface area contributed by atoms with Gasteiger partial charge in [0.15, 0.2) is 5.82 Å². The molecule has 1 aliphatic carbocycles. The first kappa shape index (κ1) is 53.9. The van der Waals surface area contributed by atoms with Crippen molar-refractivity contribution in [1.82, 2.24) is 30.9 Å². The largest absolute Gasteiger partial charge is 0.397 e. The normalized spacial score (nSPS) is 12.8. The van der Waals surface area contributed by atoms with E-state index in [4.69, 9.17) is 31.4 Å². The van der Waals surface area contributed by atoms with Crippen LogP contribution >= 0.6 is 0 Å². The number of nitrogens with zero attached hydrogens (tertiary/aromatic N) is 5. The van der Waals surface area contributed by atoms with Gasteiger partial charge < -0.3 is 38.1 Å². The van der Waals surface area contributed by atoms with Crippen LogP contribution in [0.3, 0.4) is 0 Å². The maximum atomic E-state index is 13.0. The molecule has 3 heterocycles. The number of nitrogens with one attached hydrogen (secondary N) is 5. The Labute approximate surface area is 457 Å². The fraction of sp³-hybridized carbons (Fsp3) is 0.266. The van der Waals surface area contributed by atoms with E-state index in [1.165, 1.54) is 0 Å². The number of anilines is 5. The Morgan fingerprint density at radius 1 is 0.577 bits per heavy atom. The lowest BCUT2D eigenvalue weighted by molar-refractivity contribution is -0.538. The zero-order valence-corrected chi connectivity index (χ0v) is 45.3. The number of nitrogens with two attached hydrogens (primary N) is 2. The van der Waals surface area contributed by atoms with Crippen molar-refractivity contribution in [3.05, 3.63) is 185 Å². The lowest BCUT2D eigenvalue weighted by Gasteiger charge is -2.17. The summed E-state index contributed by atoms with van der Waals surface area (Å²) in [5.74, 6) is 0.460. The van der Waals surface area contributed by atoms with E-state index >= 15 is 0 Å². The van der Waals surface area contributed by atoms with Crippen LogP contribution in [0.1, 0.15) is 102 Å². The second kappa shape index (κ2) is 25.8. The Hall–Kier alpha value is -8.91. The van der Waals surface area contributed by atoms with Crippen LogP contribution in [0.15, 0.2) is 162 Å². The standard InChI is InChI=1S/C64H70N12O2/c1-42-37-51(74-61-58(39-53(65)44(3)71-61)73-50-19-11-9-12-20-50)31-32-55(42)67-33-15-5-7-17-35-69-63(77)48-27-23-46(24-28-48)47-25-29-49(30-26-47)64(78)70-36-18-8-6-16-34-68-56-41-59-57(38-43(56)2)75-62-60(40-54(66)45(4)72-62)76(59)52-21-13-10-14-22-52/h9-14,19-30,32,37-41,67,73H,5-8,15-18,31,33-36,65H2,1-4H3,(H4,66,68,69,70,77,78)/p+1/b74-51+. The van der Waals surface area contributed by atoms with Crippen molar-refractivity contribution in [2.24, 2.45) is 4.99 Å². The van der Waals surface area contributed by atoms with Gasteiger partial charge in [0.1, 0.15) is 5.52 Å². The topological polar surface area (TPSA) is 201 Å². The molecular weight excluding hydrogens is 969 g/mol. The quantitative estimate of drug-likeness (QED) is 0.0184. The Kier molecular flexibility index (Phi) is 17.8. The molecule has 0 fully saturated rings. The number of fused-ring (bicyclic) bond motifs is 2. The van der Waals surface area contributed by atoms with Crippen LogP contribution in [-0.4, -0.2) is 58.7 Å². The van der Waals surface area contributed by atoms with Crippen LogP contribution in [0.4, 0.5) is 34.3 Å². The third kappa shape index (κ3) is 13.7. The highest BCUT2D eigenvalue weighted by Gasteiger charge is 2.23. The van der Waals surface area contributed by atoms with Crippen LogP contribution in [0, 0.1) is 20.8 Å². The van der Waals surface area contributed by atoms with Crippen molar-refractivity contribution in [2.75, 3.05) is 48.3 Å². The molecule has 78 heavy (non-hydrogen) atoms. The summed E-state index contributed by atoms with van der Waals surface area (Å²) in [4.78, 5) is 45.2. The van der Waals surface area contributed by atoms with Crippen molar-refractivity contribution in [3.63, 3.8) is 0 Å². The average molecular weight is 1040 g/mol. The van der Waals surface area contributed by atoms with E-state index in [0.717, 1.165) is 149 Å². The number of carbonyl (C=O) groups is 2. The van der Waals surface area contributed by atoms with Crippen LogP contribution < -0.4 is 42.6 Å². The van der Waals surface area contributed by atoms with Crippen molar-refractivity contribution < 1.29 is 14.2 Å². The zero-order chi connectivity index (χ0) is 54.4. The third-order valence-electron chi connectivity index (χ3n) is 14.2. The predicted molar refractivity (Wildman–Crippen MR) is 319 cm³/mol. The molecule has 14 nitrogen and oxygen atoms in total. The molecule has 0 saturated carbocycles. The van der Waals surface area contributed by atoms with Gasteiger partial charge in [-0.05, 0) is 130 Å². The van der Waals surface area contributed by atoms with Crippen molar-refractivity contribution in [3.8, 4) is 16.8 Å². The Balaban J connectivity index is 0.639. The van der Waals surface area contributed by atoms with E-state index in [-0.39, 0.29) is 11.8 Å². The number of aromatic nitrogens is 4. The number of nitrogen functional groups attached to an aromatic ring is 2. The molecule has 8 aromatic rings. The molecule has 0 bridgehead atoms. The van der Waals surface area contributed by atoms with Gasteiger partial charge in [0.05, 0.1) is 28.5 Å². The molecule has 14 heteroatoms. The minimum atomic E-state index is -0.0799. The van der Waals surface area contributed by atoms with E-state index in [9.17, 15) is 9.59 Å². The molecule has 3 aromatic heterocycles. The molecule has 0 unspecified atom stereocenters. The second-order valence-corrected chi connectivity index (χ2v) is 20.1. The predicted octanol–water partition coefficient (Wildman–Crippen LogP) is 12.2. The van der Waals surface area contributed by atoms with Crippen molar-refractivity contribution >= 4 is 74.0 Å². The number of pyridine rings is 2. The van der Waals surface area contributed by atoms with Gasteiger partial charge in [-0.15, -0.1) is 4.57 Å². The minimum absolute atomic E-state index is 0.0763. The molecule has 9 N–H and O–H groups in total. The number of hydrogen-bond donors (Lipinski definition) is 7. The minimum Gasteiger partial charge on any atom is -0.397 e.